The summed E-state index contributed by atoms with van der Waals surface area (Å²) in [6, 6.07) is -1.48. The minimum Gasteiger partial charge on any atom is -0.480 e. The summed E-state index contributed by atoms with van der Waals surface area (Å²) in [4.78, 5) is 42.1. The molecule has 0 aromatic carbocycles. The van der Waals surface area contributed by atoms with Crippen molar-refractivity contribution in [3.8, 4) is 0 Å². The Bertz CT molecular complexity index is 388. The molecule has 142 valence electrons. The van der Waals surface area contributed by atoms with E-state index in [9.17, 15) is 19.2 Å². The molecule has 25 heavy (non-hydrogen) atoms. The minimum atomic E-state index is -0.973. The van der Waals surface area contributed by atoms with Gasteiger partial charge in [-0.1, -0.05) is 0 Å². The number of rotatable bonds is 10. The second-order valence-electron chi connectivity index (χ2n) is 4.75. The fraction of sp³-hybridized carbons (Fsp3) is 0.714. The maximum absolute atomic E-state index is 10.5. The number of carbonyl (C=O) groups is 4. The molecule has 0 bridgehead atoms. The van der Waals surface area contributed by atoms with Crippen molar-refractivity contribution in [1.29, 1.82) is 0 Å². The number of hydrogen-bond acceptors (Lipinski definition) is 6. The van der Waals surface area contributed by atoms with E-state index in [0.717, 1.165) is 11.5 Å². The van der Waals surface area contributed by atoms with Crippen LogP contribution in [0, 0.1) is 0 Å². The molecule has 0 rings (SSSR count). The first-order valence-corrected chi connectivity index (χ1v) is 9.92. The SMILES string of the molecule is CSCCC(NC(C)=O)C(=O)O.CSCCC(NC(C)=O)C(=O)O.[Ca]. The number of thioether (sulfide) groups is 2. The zero-order valence-corrected chi connectivity index (χ0v) is 18.9. The number of carboxylic acid groups (broad SMARTS) is 2. The van der Waals surface area contributed by atoms with Crippen molar-refractivity contribution in [1.82, 2.24) is 10.6 Å². The maximum atomic E-state index is 10.5. The van der Waals surface area contributed by atoms with E-state index in [2.05, 4.69) is 10.6 Å². The van der Waals surface area contributed by atoms with Gasteiger partial charge in [0, 0.05) is 51.6 Å². The van der Waals surface area contributed by atoms with E-state index in [1.54, 1.807) is 23.5 Å². The maximum Gasteiger partial charge on any atom is 0.326 e. The number of hydrogen-bond donors (Lipinski definition) is 4. The van der Waals surface area contributed by atoms with E-state index in [0.29, 0.717) is 12.8 Å². The molecule has 2 radical (unpaired) electrons. The first-order chi connectivity index (χ1) is 11.1. The Kier molecular flexibility index (Phi) is 22.1. The van der Waals surface area contributed by atoms with Gasteiger partial charge in [-0.25, -0.2) is 9.59 Å². The molecule has 11 heteroatoms. The van der Waals surface area contributed by atoms with Gasteiger partial charge in [0.2, 0.25) is 11.8 Å². The third-order valence-electron chi connectivity index (χ3n) is 2.57. The fourth-order valence-electron chi connectivity index (χ4n) is 1.48. The number of carboxylic acids is 2. The van der Waals surface area contributed by atoms with E-state index < -0.39 is 24.0 Å². The predicted molar refractivity (Wildman–Crippen MR) is 102 cm³/mol. The van der Waals surface area contributed by atoms with Gasteiger partial charge in [-0.05, 0) is 36.9 Å². The van der Waals surface area contributed by atoms with Crippen LogP contribution in [0.3, 0.4) is 0 Å². The Labute approximate surface area is 186 Å². The van der Waals surface area contributed by atoms with Crippen LogP contribution in [0.2, 0.25) is 0 Å². The van der Waals surface area contributed by atoms with Gasteiger partial charge in [0.15, 0.2) is 0 Å². The van der Waals surface area contributed by atoms with Crippen LogP contribution in [0.25, 0.3) is 0 Å². The number of carbonyl (C=O) groups excluding carboxylic acids is 2. The van der Waals surface area contributed by atoms with Crippen LogP contribution in [-0.2, 0) is 19.2 Å². The van der Waals surface area contributed by atoms with Crippen LogP contribution >= 0.6 is 23.5 Å². The Balaban J connectivity index is -0.000000372. The van der Waals surface area contributed by atoms with Crippen LogP contribution in [0.4, 0.5) is 0 Å². The predicted octanol–water partition coefficient (Wildman–Crippen LogP) is 0.277. The minimum absolute atomic E-state index is 0. The van der Waals surface area contributed by atoms with E-state index in [4.69, 9.17) is 10.2 Å². The van der Waals surface area contributed by atoms with E-state index >= 15 is 0 Å². The zero-order valence-electron chi connectivity index (χ0n) is 15.0. The number of aliphatic carboxylic acids is 2. The van der Waals surface area contributed by atoms with Crippen molar-refractivity contribution < 1.29 is 29.4 Å². The van der Waals surface area contributed by atoms with E-state index in [-0.39, 0.29) is 49.6 Å². The van der Waals surface area contributed by atoms with Gasteiger partial charge in [-0.2, -0.15) is 23.5 Å². The molecular weight excluding hydrogens is 396 g/mol. The van der Waals surface area contributed by atoms with Crippen molar-refractivity contribution in [2.45, 2.75) is 38.8 Å². The summed E-state index contributed by atoms with van der Waals surface area (Å²) in [6.07, 6.45) is 4.73. The standard InChI is InChI=1S/2C7H13NO3S.Ca/c2*1-5(9)8-6(7(10)11)3-4-12-2;/h2*6H,3-4H2,1-2H3,(H,8,9)(H,10,11);. The molecule has 0 saturated heterocycles. The number of amides is 2. The molecule has 0 aliphatic heterocycles. The Hall–Kier alpha value is -0.160. The van der Waals surface area contributed by atoms with Crippen LogP contribution in [0.5, 0.6) is 0 Å². The zero-order chi connectivity index (χ0) is 19.1. The summed E-state index contributed by atoms with van der Waals surface area (Å²) in [5, 5.41) is 22.0. The molecule has 2 atom stereocenters. The molecule has 2 unspecified atom stereocenters. The Morgan fingerprint density at radius 1 is 0.800 bits per heavy atom. The molecule has 0 aromatic rings. The monoisotopic (exact) mass is 422 g/mol. The van der Waals surface area contributed by atoms with Crippen molar-refractivity contribution >= 4 is 85.0 Å². The van der Waals surface area contributed by atoms with Gasteiger partial charge in [0.1, 0.15) is 12.1 Å². The third kappa shape index (κ3) is 20.0. The molecule has 2 amide bonds. The van der Waals surface area contributed by atoms with Crippen LogP contribution in [0.1, 0.15) is 26.7 Å². The largest absolute Gasteiger partial charge is 0.480 e. The number of nitrogens with one attached hydrogen (secondary N) is 2. The van der Waals surface area contributed by atoms with Gasteiger partial charge >= 0.3 is 11.9 Å². The summed E-state index contributed by atoms with van der Waals surface area (Å²) < 4.78 is 0. The molecule has 8 nitrogen and oxygen atoms in total. The van der Waals surface area contributed by atoms with E-state index in [1.807, 2.05) is 12.5 Å². The average molecular weight is 423 g/mol. The van der Waals surface area contributed by atoms with Crippen molar-refractivity contribution in [3.05, 3.63) is 0 Å². The molecule has 0 aliphatic carbocycles. The summed E-state index contributed by atoms with van der Waals surface area (Å²) >= 11 is 3.12. The first-order valence-electron chi connectivity index (χ1n) is 7.13. The van der Waals surface area contributed by atoms with Gasteiger partial charge < -0.3 is 20.8 Å². The second-order valence-corrected chi connectivity index (χ2v) is 6.72. The molecule has 0 fully saturated rings. The molecule has 0 spiro atoms. The van der Waals surface area contributed by atoms with E-state index in [1.165, 1.54) is 13.8 Å². The summed E-state index contributed by atoms with van der Waals surface area (Å²) in [6.45, 7) is 2.63. The summed E-state index contributed by atoms with van der Waals surface area (Å²) in [7, 11) is 0. The normalized spacial score (nSPS) is 11.7. The van der Waals surface area contributed by atoms with Gasteiger partial charge in [0.25, 0.3) is 0 Å². The summed E-state index contributed by atoms with van der Waals surface area (Å²) in [5.74, 6) is -1.08. The Morgan fingerprint density at radius 3 is 1.24 bits per heavy atom. The smallest absolute Gasteiger partial charge is 0.326 e. The van der Waals surface area contributed by atoms with Crippen molar-refractivity contribution in [2.24, 2.45) is 0 Å². The topological polar surface area (TPSA) is 133 Å². The van der Waals surface area contributed by atoms with Crippen molar-refractivity contribution in [3.63, 3.8) is 0 Å². The fourth-order valence-corrected chi connectivity index (χ4v) is 2.42. The average Bonchev–Trinajstić information content (AvgIpc) is 2.47. The Morgan fingerprint density at radius 2 is 1.08 bits per heavy atom. The second kappa shape index (κ2) is 18.6. The van der Waals surface area contributed by atoms with Crippen LogP contribution < -0.4 is 10.6 Å². The van der Waals surface area contributed by atoms with Gasteiger partial charge in [0.05, 0.1) is 0 Å². The molecular formula is C14H26CaN2O6S2. The molecule has 0 heterocycles. The molecule has 0 saturated carbocycles. The first kappa shape index (κ1) is 29.6. The van der Waals surface area contributed by atoms with Crippen molar-refractivity contribution in [2.75, 3.05) is 24.0 Å². The van der Waals surface area contributed by atoms with Crippen LogP contribution in [-0.4, -0.2) is 108 Å². The van der Waals surface area contributed by atoms with Gasteiger partial charge in [-0.3, -0.25) is 9.59 Å². The molecule has 0 aliphatic rings. The quantitative estimate of drug-likeness (QED) is 0.369. The van der Waals surface area contributed by atoms with Gasteiger partial charge in [-0.15, -0.1) is 0 Å². The third-order valence-corrected chi connectivity index (χ3v) is 3.86. The molecule has 0 aromatic heterocycles. The van der Waals surface area contributed by atoms with Crippen LogP contribution in [0.15, 0.2) is 0 Å². The summed E-state index contributed by atoms with van der Waals surface area (Å²) in [5.41, 5.74) is 0. The molecule has 4 N–H and O–H groups in total.